The molecule has 0 saturated carbocycles. The highest BCUT2D eigenvalue weighted by Crippen LogP contribution is 2.24. The average Bonchev–Trinajstić information content (AvgIpc) is 3.03. The topological polar surface area (TPSA) is 41.6 Å². The first-order valence-electron chi connectivity index (χ1n) is 7.36. The summed E-state index contributed by atoms with van der Waals surface area (Å²) in [6.07, 6.45) is -0.611. The molecular formula is C17H21ClN2O2S. The van der Waals surface area contributed by atoms with Crippen molar-refractivity contribution in [3.8, 4) is 5.75 Å². The van der Waals surface area contributed by atoms with Crippen LogP contribution in [0.1, 0.15) is 18.5 Å². The van der Waals surface area contributed by atoms with Crippen molar-refractivity contribution in [1.82, 2.24) is 10.2 Å². The first-order chi connectivity index (χ1) is 11.0. The van der Waals surface area contributed by atoms with Gasteiger partial charge in [0, 0.05) is 6.54 Å². The summed E-state index contributed by atoms with van der Waals surface area (Å²) in [5.74, 6) is 0.353. The van der Waals surface area contributed by atoms with Gasteiger partial charge in [0.2, 0.25) is 0 Å². The van der Waals surface area contributed by atoms with E-state index in [1.54, 1.807) is 30.4 Å². The Hall–Kier alpha value is -1.56. The molecule has 6 heteroatoms. The maximum Gasteiger partial charge on any atom is 0.260 e. The lowest BCUT2D eigenvalue weighted by Gasteiger charge is -2.25. The number of hydrogen-bond acceptors (Lipinski definition) is 4. The van der Waals surface area contributed by atoms with Gasteiger partial charge in [-0.1, -0.05) is 23.7 Å². The molecule has 1 aromatic heterocycles. The average molecular weight is 353 g/mol. The Morgan fingerprint density at radius 1 is 1.35 bits per heavy atom. The fourth-order valence-corrected chi connectivity index (χ4v) is 3.08. The smallest absolute Gasteiger partial charge is 0.260 e. The number of carbonyl (C=O) groups excluding carboxylic acids is 1. The van der Waals surface area contributed by atoms with Crippen molar-refractivity contribution in [2.75, 3.05) is 20.6 Å². The van der Waals surface area contributed by atoms with E-state index in [1.165, 1.54) is 5.56 Å². The number of thiophene rings is 1. The van der Waals surface area contributed by atoms with Crippen LogP contribution in [-0.4, -0.2) is 37.6 Å². The molecule has 0 aliphatic heterocycles. The number of hydrogen-bond donors (Lipinski definition) is 1. The third-order valence-electron chi connectivity index (χ3n) is 3.53. The summed E-state index contributed by atoms with van der Waals surface area (Å²) >= 11 is 7.70. The van der Waals surface area contributed by atoms with Crippen molar-refractivity contribution < 1.29 is 9.53 Å². The van der Waals surface area contributed by atoms with E-state index in [0.717, 1.165) is 0 Å². The summed E-state index contributed by atoms with van der Waals surface area (Å²) in [6, 6.07) is 9.34. The second-order valence-electron chi connectivity index (χ2n) is 5.47. The monoisotopic (exact) mass is 352 g/mol. The van der Waals surface area contributed by atoms with Crippen LogP contribution in [-0.2, 0) is 4.79 Å². The maximum atomic E-state index is 12.3. The number of nitrogens with zero attached hydrogens (tertiary/aromatic N) is 1. The van der Waals surface area contributed by atoms with E-state index in [0.29, 0.717) is 17.3 Å². The van der Waals surface area contributed by atoms with Gasteiger partial charge in [0.05, 0.1) is 11.1 Å². The first kappa shape index (κ1) is 17.8. The van der Waals surface area contributed by atoms with Gasteiger partial charge in [-0.2, -0.15) is 11.3 Å². The lowest BCUT2D eigenvalue weighted by Crippen LogP contribution is -2.40. The van der Waals surface area contributed by atoms with E-state index in [2.05, 4.69) is 21.7 Å². The summed E-state index contributed by atoms with van der Waals surface area (Å²) in [4.78, 5) is 14.3. The molecule has 0 radical (unpaired) electrons. The number of rotatable bonds is 7. The Kier molecular flexibility index (Phi) is 6.45. The van der Waals surface area contributed by atoms with Crippen LogP contribution in [0.25, 0.3) is 0 Å². The molecule has 2 atom stereocenters. The third-order valence-corrected chi connectivity index (χ3v) is 4.54. The number of carbonyl (C=O) groups is 1. The van der Waals surface area contributed by atoms with Crippen LogP contribution in [0.4, 0.5) is 0 Å². The van der Waals surface area contributed by atoms with Crippen molar-refractivity contribution in [2.24, 2.45) is 0 Å². The predicted molar refractivity (Wildman–Crippen MR) is 95.3 cm³/mol. The zero-order chi connectivity index (χ0) is 16.8. The minimum atomic E-state index is -0.611. The van der Waals surface area contributed by atoms with Crippen molar-refractivity contribution in [1.29, 1.82) is 0 Å². The van der Waals surface area contributed by atoms with Gasteiger partial charge < -0.3 is 15.0 Å². The van der Waals surface area contributed by atoms with Gasteiger partial charge in [-0.05, 0) is 55.5 Å². The van der Waals surface area contributed by atoms with Crippen LogP contribution in [0.3, 0.4) is 0 Å². The standard InChI is InChI=1S/C17H21ClN2O2S/c1-12(22-16-7-5-4-6-14(16)18)17(21)19-10-15(20(2)3)13-8-9-23-11-13/h4-9,11-12,15H,10H2,1-3H3,(H,19,21). The quantitative estimate of drug-likeness (QED) is 0.828. The largest absolute Gasteiger partial charge is 0.479 e. The van der Waals surface area contributed by atoms with Gasteiger partial charge >= 0.3 is 0 Å². The summed E-state index contributed by atoms with van der Waals surface area (Å²) in [5.41, 5.74) is 1.19. The minimum absolute atomic E-state index is 0.137. The van der Waals surface area contributed by atoms with Crippen molar-refractivity contribution in [3.63, 3.8) is 0 Å². The molecule has 0 aliphatic rings. The van der Waals surface area contributed by atoms with Crippen LogP contribution in [0.15, 0.2) is 41.1 Å². The number of likely N-dealkylation sites (N-methyl/N-ethyl adjacent to an activating group) is 1. The number of para-hydroxylation sites is 1. The van der Waals surface area contributed by atoms with E-state index in [-0.39, 0.29) is 11.9 Å². The molecule has 1 heterocycles. The highest BCUT2D eigenvalue weighted by Gasteiger charge is 2.19. The number of ether oxygens (including phenoxy) is 1. The Morgan fingerprint density at radius 3 is 2.70 bits per heavy atom. The molecule has 0 spiro atoms. The predicted octanol–water partition coefficient (Wildman–Crippen LogP) is 3.59. The zero-order valence-corrected chi connectivity index (χ0v) is 15.0. The molecule has 2 rings (SSSR count). The molecule has 1 N–H and O–H groups in total. The van der Waals surface area contributed by atoms with Gasteiger partial charge in [0.1, 0.15) is 5.75 Å². The first-order valence-corrected chi connectivity index (χ1v) is 8.68. The number of benzene rings is 1. The van der Waals surface area contributed by atoms with E-state index in [1.807, 2.05) is 31.6 Å². The third kappa shape index (κ3) is 4.96. The second-order valence-corrected chi connectivity index (χ2v) is 6.66. The van der Waals surface area contributed by atoms with Crippen LogP contribution >= 0.6 is 22.9 Å². The Bertz CT molecular complexity index is 631. The summed E-state index contributed by atoms with van der Waals surface area (Å²) in [6.45, 7) is 2.24. The van der Waals surface area contributed by atoms with Gasteiger partial charge in [-0.25, -0.2) is 0 Å². The normalized spacial score (nSPS) is 13.6. The highest BCUT2D eigenvalue weighted by atomic mass is 35.5. The molecule has 0 saturated heterocycles. The van der Waals surface area contributed by atoms with Crippen LogP contribution in [0.2, 0.25) is 5.02 Å². The van der Waals surface area contributed by atoms with E-state index < -0.39 is 6.10 Å². The molecule has 1 aromatic carbocycles. The van der Waals surface area contributed by atoms with Gasteiger partial charge in [0.15, 0.2) is 6.10 Å². The summed E-state index contributed by atoms with van der Waals surface area (Å²) in [5, 5.41) is 7.58. The minimum Gasteiger partial charge on any atom is -0.479 e. The van der Waals surface area contributed by atoms with Crippen molar-refractivity contribution >= 4 is 28.8 Å². The van der Waals surface area contributed by atoms with Crippen LogP contribution < -0.4 is 10.1 Å². The van der Waals surface area contributed by atoms with E-state index >= 15 is 0 Å². The molecule has 2 aromatic rings. The molecule has 0 aliphatic carbocycles. The van der Waals surface area contributed by atoms with Gasteiger partial charge in [-0.3, -0.25) is 4.79 Å². The molecule has 1 amide bonds. The zero-order valence-electron chi connectivity index (χ0n) is 13.5. The molecule has 4 nitrogen and oxygen atoms in total. The Balaban J connectivity index is 1.92. The molecule has 0 bridgehead atoms. The van der Waals surface area contributed by atoms with E-state index in [9.17, 15) is 4.79 Å². The lowest BCUT2D eigenvalue weighted by atomic mass is 10.1. The fraction of sp³-hybridized carbons (Fsp3) is 0.353. The van der Waals surface area contributed by atoms with Crippen LogP contribution in [0.5, 0.6) is 5.75 Å². The Morgan fingerprint density at radius 2 is 2.09 bits per heavy atom. The van der Waals surface area contributed by atoms with E-state index in [4.69, 9.17) is 16.3 Å². The van der Waals surface area contributed by atoms with Crippen molar-refractivity contribution in [3.05, 3.63) is 51.7 Å². The molecule has 2 unspecified atom stereocenters. The molecule has 0 fully saturated rings. The summed E-state index contributed by atoms with van der Waals surface area (Å²) in [7, 11) is 4.00. The Labute approximate surface area is 146 Å². The maximum absolute atomic E-state index is 12.3. The van der Waals surface area contributed by atoms with Crippen LogP contribution in [0, 0.1) is 0 Å². The lowest BCUT2D eigenvalue weighted by molar-refractivity contribution is -0.127. The molecule has 124 valence electrons. The summed E-state index contributed by atoms with van der Waals surface area (Å²) < 4.78 is 5.63. The van der Waals surface area contributed by atoms with Gasteiger partial charge in [0.25, 0.3) is 5.91 Å². The highest BCUT2D eigenvalue weighted by molar-refractivity contribution is 7.07. The number of nitrogens with one attached hydrogen (secondary N) is 1. The fourth-order valence-electron chi connectivity index (χ4n) is 2.19. The van der Waals surface area contributed by atoms with Gasteiger partial charge in [-0.15, -0.1) is 0 Å². The molecular weight excluding hydrogens is 332 g/mol. The number of amides is 1. The SMILES string of the molecule is CC(Oc1ccccc1Cl)C(=O)NCC(c1ccsc1)N(C)C. The molecule has 23 heavy (non-hydrogen) atoms. The number of halogens is 1. The van der Waals surface area contributed by atoms with Crippen molar-refractivity contribution in [2.45, 2.75) is 19.1 Å². The second kappa shape index (κ2) is 8.34.